The SMILES string of the molecule is Cl.O=C(CCOC1CNC1)NCC(F)F. The van der Waals surface area contributed by atoms with Crippen LogP contribution in [0.4, 0.5) is 8.78 Å². The summed E-state index contributed by atoms with van der Waals surface area (Å²) in [7, 11) is 0. The first-order chi connectivity index (χ1) is 6.68. The molecular weight excluding hydrogens is 230 g/mol. The standard InChI is InChI=1S/C8H14F2N2O2.ClH/c9-7(10)5-12-8(13)1-2-14-6-3-11-4-6;/h6-7,11H,1-5H2,(H,12,13);1H. The van der Waals surface area contributed by atoms with Crippen LogP contribution in [0.2, 0.25) is 0 Å². The van der Waals surface area contributed by atoms with E-state index in [1.807, 2.05) is 0 Å². The van der Waals surface area contributed by atoms with Crippen LogP contribution >= 0.6 is 12.4 Å². The number of ether oxygens (including phenoxy) is 1. The molecule has 15 heavy (non-hydrogen) atoms. The third kappa shape index (κ3) is 6.59. The Bertz CT molecular complexity index is 191. The number of alkyl halides is 2. The van der Waals surface area contributed by atoms with Crippen molar-refractivity contribution in [3.63, 3.8) is 0 Å². The highest BCUT2D eigenvalue weighted by molar-refractivity contribution is 5.85. The van der Waals surface area contributed by atoms with E-state index in [0.29, 0.717) is 6.61 Å². The van der Waals surface area contributed by atoms with Crippen LogP contribution in [0.3, 0.4) is 0 Å². The van der Waals surface area contributed by atoms with Crippen LogP contribution in [0.5, 0.6) is 0 Å². The molecule has 90 valence electrons. The fourth-order valence-electron chi connectivity index (χ4n) is 0.978. The second kappa shape index (κ2) is 7.78. The van der Waals surface area contributed by atoms with Crippen molar-refractivity contribution in [1.29, 1.82) is 0 Å². The molecule has 1 saturated heterocycles. The summed E-state index contributed by atoms with van der Waals surface area (Å²) >= 11 is 0. The average molecular weight is 245 g/mol. The van der Waals surface area contributed by atoms with E-state index in [-0.39, 0.29) is 24.9 Å². The van der Waals surface area contributed by atoms with Crippen LogP contribution < -0.4 is 10.6 Å². The second-order valence-corrected chi connectivity index (χ2v) is 3.10. The lowest BCUT2D eigenvalue weighted by Crippen LogP contribution is -2.48. The molecule has 0 atom stereocenters. The van der Waals surface area contributed by atoms with Crippen molar-refractivity contribution in [2.24, 2.45) is 0 Å². The number of nitrogens with one attached hydrogen (secondary N) is 2. The first-order valence-corrected chi connectivity index (χ1v) is 4.55. The minimum absolute atomic E-state index is 0. The Morgan fingerprint density at radius 3 is 2.67 bits per heavy atom. The molecule has 7 heteroatoms. The molecule has 1 heterocycles. The van der Waals surface area contributed by atoms with E-state index in [9.17, 15) is 13.6 Å². The number of hydrogen-bond acceptors (Lipinski definition) is 3. The molecule has 1 aliphatic heterocycles. The highest BCUT2D eigenvalue weighted by Gasteiger charge is 2.17. The first kappa shape index (κ1) is 14.5. The Balaban J connectivity index is 0.00000196. The molecule has 4 nitrogen and oxygen atoms in total. The van der Waals surface area contributed by atoms with Gasteiger partial charge in [0.2, 0.25) is 5.91 Å². The van der Waals surface area contributed by atoms with Gasteiger partial charge in [-0.1, -0.05) is 0 Å². The molecule has 0 aliphatic carbocycles. The second-order valence-electron chi connectivity index (χ2n) is 3.10. The van der Waals surface area contributed by atoms with Gasteiger partial charge in [0, 0.05) is 19.5 Å². The molecule has 0 spiro atoms. The molecule has 1 rings (SSSR count). The largest absolute Gasteiger partial charge is 0.375 e. The highest BCUT2D eigenvalue weighted by atomic mass is 35.5. The average Bonchev–Trinajstić information content (AvgIpc) is 2.06. The molecule has 0 bridgehead atoms. The van der Waals surface area contributed by atoms with E-state index in [2.05, 4.69) is 10.6 Å². The van der Waals surface area contributed by atoms with Crippen LogP contribution in [-0.2, 0) is 9.53 Å². The van der Waals surface area contributed by atoms with Gasteiger partial charge < -0.3 is 15.4 Å². The number of rotatable bonds is 6. The Morgan fingerprint density at radius 1 is 1.53 bits per heavy atom. The number of halogens is 3. The molecule has 1 aliphatic rings. The van der Waals surface area contributed by atoms with Gasteiger partial charge in [-0.05, 0) is 0 Å². The summed E-state index contributed by atoms with van der Waals surface area (Å²) in [6.07, 6.45) is -2.17. The van der Waals surface area contributed by atoms with E-state index < -0.39 is 18.9 Å². The normalized spacial score (nSPS) is 15.7. The van der Waals surface area contributed by atoms with Gasteiger partial charge in [0.05, 0.1) is 19.3 Å². The van der Waals surface area contributed by atoms with Crippen molar-refractivity contribution in [1.82, 2.24) is 10.6 Å². The van der Waals surface area contributed by atoms with Crippen molar-refractivity contribution in [3.8, 4) is 0 Å². The quantitative estimate of drug-likeness (QED) is 0.700. The molecule has 0 aromatic carbocycles. The molecule has 1 amide bonds. The van der Waals surface area contributed by atoms with Crippen LogP contribution in [0, 0.1) is 0 Å². The molecule has 0 aromatic rings. The van der Waals surface area contributed by atoms with Gasteiger partial charge in [-0.25, -0.2) is 8.78 Å². The predicted molar refractivity (Wildman–Crippen MR) is 53.5 cm³/mol. The molecule has 0 saturated carbocycles. The Kier molecular flexibility index (Phi) is 7.54. The lowest BCUT2D eigenvalue weighted by molar-refractivity contribution is -0.123. The van der Waals surface area contributed by atoms with Gasteiger partial charge in [0.1, 0.15) is 0 Å². The maximum Gasteiger partial charge on any atom is 0.255 e. The molecular formula is C8H15ClF2N2O2. The van der Waals surface area contributed by atoms with Crippen molar-refractivity contribution < 1.29 is 18.3 Å². The van der Waals surface area contributed by atoms with Crippen LogP contribution in [-0.4, -0.2) is 44.7 Å². The van der Waals surface area contributed by atoms with Crippen LogP contribution in [0.1, 0.15) is 6.42 Å². The smallest absolute Gasteiger partial charge is 0.255 e. The predicted octanol–water partition coefficient (Wildman–Crippen LogP) is 0.168. The van der Waals surface area contributed by atoms with E-state index in [1.54, 1.807) is 0 Å². The molecule has 1 fully saturated rings. The Labute approximate surface area is 93.1 Å². The van der Waals surface area contributed by atoms with Gasteiger partial charge >= 0.3 is 0 Å². The first-order valence-electron chi connectivity index (χ1n) is 4.55. The van der Waals surface area contributed by atoms with Crippen molar-refractivity contribution in [2.45, 2.75) is 19.0 Å². The van der Waals surface area contributed by atoms with Crippen molar-refractivity contribution in [2.75, 3.05) is 26.2 Å². The highest BCUT2D eigenvalue weighted by Crippen LogP contribution is 1.98. The molecule has 0 aromatic heterocycles. The third-order valence-electron chi connectivity index (χ3n) is 1.88. The summed E-state index contributed by atoms with van der Waals surface area (Å²) in [4.78, 5) is 10.9. The minimum Gasteiger partial charge on any atom is -0.375 e. The van der Waals surface area contributed by atoms with Crippen LogP contribution in [0.15, 0.2) is 0 Å². The van der Waals surface area contributed by atoms with Gasteiger partial charge in [-0.3, -0.25) is 4.79 Å². The lowest BCUT2D eigenvalue weighted by atomic mass is 10.2. The number of amides is 1. The lowest BCUT2D eigenvalue weighted by Gasteiger charge is -2.26. The van der Waals surface area contributed by atoms with Gasteiger partial charge in [-0.2, -0.15) is 0 Å². The summed E-state index contributed by atoms with van der Waals surface area (Å²) in [5.41, 5.74) is 0. The molecule has 2 N–H and O–H groups in total. The number of carbonyl (C=O) groups excluding carboxylic acids is 1. The van der Waals surface area contributed by atoms with E-state index in [1.165, 1.54) is 0 Å². The summed E-state index contributed by atoms with van der Waals surface area (Å²) in [6, 6.07) is 0. The third-order valence-corrected chi connectivity index (χ3v) is 1.88. The van der Waals surface area contributed by atoms with Crippen molar-refractivity contribution in [3.05, 3.63) is 0 Å². The van der Waals surface area contributed by atoms with Crippen LogP contribution in [0.25, 0.3) is 0 Å². The Hall–Kier alpha value is -0.460. The van der Waals surface area contributed by atoms with Gasteiger partial charge in [0.15, 0.2) is 0 Å². The maximum atomic E-state index is 11.7. The minimum atomic E-state index is -2.49. The summed E-state index contributed by atoms with van der Waals surface area (Å²) in [6.45, 7) is 1.32. The molecule has 0 unspecified atom stereocenters. The van der Waals surface area contributed by atoms with E-state index in [4.69, 9.17) is 4.74 Å². The maximum absolute atomic E-state index is 11.7. The zero-order valence-corrected chi connectivity index (χ0v) is 8.99. The zero-order chi connectivity index (χ0) is 10.4. The zero-order valence-electron chi connectivity index (χ0n) is 8.17. The Morgan fingerprint density at radius 2 is 2.20 bits per heavy atom. The van der Waals surface area contributed by atoms with E-state index in [0.717, 1.165) is 13.1 Å². The fourth-order valence-corrected chi connectivity index (χ4v) is 0.978. The monoisotopic (exact) mass is 244 g/mol. The topological polar surface area (TPSA) is 50.4 Å². The van der Waals surface area contributed by atoms with Crippen molar-refractivity contribution >= 4 is 18.3 Å². The van der Waals surface area contributed by atoms with Gasteiger partial charge in [-0.15, -0.1) is 12.4 Å². The number of carbonyl (C=O) groups is 1. The summed E-state index contributed by atoms with van der Waals surface area (Å²) in [5, 5.41) is 5.12. The summed E-state index contributed by atoms with van der Waals surface area (Å²) < 4.78 is 28.6. The van der Waals surface area contributed by atoms with E-state index >= 15 is 0 Å². The van der Waals surface area contributed by atoms with Gasteiger partial charge in [0.25, 0.3) is 6.43 Å². The summed E-state index contributed by atoms with van der Waals surface area (Å²) in [5.74, 6) is -0.391. The fraction of sp³-hybridized carbons (Fsp3) is 0.875. The molecule has 0 radical (unpaired) electrons. The number of hydrogen-bond donors (Lipinski definition) is 2.